The molecule has 0 aromatic carbocycles. The van der Waals surface area contributed by atoms with Gasteiger partial charge in [0.25, 0.3) is 5.92 Å². The molecule has 2 aromatic heterocycles. The Balaban J connectivity index is 1.70. The standard InChI is InChI=1S/C19H23F2N7O2/c1-18(2)13(4-14(18)29)27-15-11(5-22)7-24-17(28-15)25-8-12-6-23-10-26-16(12)30-9-19(3,20)21/h6-7,10,13-14,29H,4,8-9H2,1-3H3,(H2,24,25,27,28)/t13-,14?/m0/s1. The molecule has 1 saturated carbocycles. The van der Waals surface area contributed by atoms with Crippen LogP contribution in [0.5, 0.6) is 5.88 Å². The number of alkyl halides is 2. The molecule has 160 valence electrons. The molecule has 0 radical (unpaired) electrons. The summed E-state index contributed by atoms with van der Waals surface area (Å²) in [6.45, 7) is 3.95. The number of halogens is 2. The molecule has 0 saturated heterocycles. The van der Waals surface area contributed by atoms with Gasteiger partial charge in [0.2, 0.25) is 11.8 Å². The molecule has 3 N–H and O–H groups in total. The maximum Gasteiger partial charge on any atom is 0.278 e. The van der Waals surface area contributed by atoms with E-state index in [1.807, 2.05) is 19.9 Å². The highest BCUT2D eigenvalue weighted by Crippen LogP contribution is 2.42. The highest BCUT2D eigenvalue weighted by molar-refractivity contribution is 5.54. The van der Waals surface area contributed by atoms with Crippen molar-refractivity contribution in [2.75, 3.05) is 17.2 Å². The maximum absolute atomic E-state index is 13.1. The van der Waals surface area contributed by atoms with E-state index in [1.54, 1.807) is 0 Å². The summed E-state index contributed by atoms with van der Waals surface area (Å²) in [5.74, 6) is -2.37. The molecule has 30 heavy (non-hydrogen) atoms. The molecule has 0 bridgehead atoms. The lowest BCUT2D eigenvalue weighted by Gasteiger charge is -2.49. The Morgan fingerprint density at radius 1 is 1.37 bits per heavy atom. The molecule has 2 atom stereocenters. The van der Waals surface area contributed by atoms with E-state index in [0.717, 1.165) is 6.92 Å². The van der Waals surface area contributed by atoms with Crippen molar-refractivity contribution in [3.8, 4) is 11.9 Å². The number of hydrogen-bond acceptors (Lipinski definition) is 9. The van der Waals surface area contributed by atoms with Gasteiger partial charge in [-0.3, -0.25) is 0 Å². The Morgan fingerprint density at radius 3 is 2.77 bits per heavy atom. The summed E-state index contributed by atoms with van der Waals surface area (Å²) in [5.41, 5.74) is 0.377. The van der Waals surface area contributed by atoms with Crippen LogP contribution in [0.2, 0.25) is 0 Å². The van der Waals surface area contributed by atoms with Crippen LogP contribution in [0, 0.1) is 16.7 Å². The van der Waals surface area contributed by atoms with E-state index in [4.69, 9.17) is 4.74 Å². The van der Waals surface area contributed by atoms with E-state index in [9.17, 15) is 19.1 Å². The third-order valence-electron chi connectivity index (χ3n) is 5.08. The Morgan fingerprint density at radius 2 is 2.13 bits per heavy atom. The second kappa shape index (κ2) is 8.31. The minimum absolute atomic E-state index is 0.0382. The summed E-state index contributed by atoms with van der Waals surface area (Å²) in [6.07, 6.45) is 4.17. The Bertz CT molecular complexity index is 943. The number of anilines is 2. The average molecular weight is 419 g/mol. The molecule has 9 nitrogen and oxygen atoms in total. The topological polar surface area (TPSA) is 129 Å². The van der Waals surface area contributed by atoms with Gasteiger partial charge >= 0.3 is 0 Å². The predicted molar refractivity (Wildman–Crippen MR) is 104 cm³/mol. The van der Waals surface area contributed by atoms with Crippen molar-refractivity contribution in [2.45, 2.75) is 51.8 Å². The van der Waals surface area contributed by atoms with Crippen molar-refractivity contribution in [2.24, 2.45) is 5.41 Å². The van der Waals surface area contributed by atoms with E-state index in [2.05, 4.69) is 30.6 Å². The molecule has 3 rings (SSSR count). The number of ether oxygens (including phenoxy) is 1. The average Bonchev–Trinajstić information content (AvgIpc) is 2.70. The monoisotopic (exact) mass is 419 g/mol. The zero-order valence-electron chi connectivity index (χ0n) is 16.9. The van der Waals surface area contributed by atoms with Gasteiger partial charge in [-0.25, -0.2) is 23.7 Å². The molecule has 0 spiro atoms. The molecular weight excluding hydrogens is 396 g/mol. The molecule has 1 aliphatic carbocycles. The van der Waals surface area contributed by atoms with Crippen molar-refractivity contribution < 1.29 is 18.6 Å². The van der Waals surface area contributed by atoms with Crippen molar-refractivity contribution in [1.82, 2.24) is 19.9 Å². The molecular formula is C19H23F2N7O2. The minimum atomic E-state index is -2.99. The van der Waals surface area contributed by atoms with Crippen LogP contribution in [0.1, 0.15) is 38.3 Å². The third kappa shape index (κ3) is 4.88. The SMILES string of the molecule is CC(F)(F)COc1ncncc1CNc1ncc(C#N)c(N[C@H]2CC(O)C2(C)C)n1. The lowest BCUT2D eigenvalue weighted by atomic mass is 9.64. The Hall–Kier alpha value is -3.13. The number of nitrogens with one attached hydrogen (secondary N) is 2. The first kappa shape index (κ1) is 21.6. The fourth-order valence-corrected chi connectivity index (χ4v) is 2.94. The van der Waals surface area contributed by atoms with Gasteiger partial charge in [0, 0.05) is 31.1 Å². The second-order valence-electron chi connectivity index (χ2n) is 7.90. The van der Waals surface area contributed by atoms with Crippen LogP contribution >= 0.6 is 0 Å². The fraction of sp³-hybridized carbons (Fsp3) is 0.526. The number of aliphatic hydroxyl groups excluding tert-OH is 1. The summed E-state index contributed by atoms with van der Waals surface area (Å²) in [6, 6.07) is 2.00. The molecule has 1 aliphatic rings. The largest absolute Gasteiger partial charge is 0.471 e. The normalized spacial score (nSPS) is 20.0. The first-order valence-corrected chi connectivity index (χ1v) is 9.35. The number of rotatable bonds is 8. The smallest absolute Gasteiger partial charge is 0.278 e. The van der Waals surface area contributed by atoms with Gasteiger partial charge in [0.15, 0.2) is 6.61 Å². The molecule has 1 unspecified atom stereocenters. The van der Waals surface area contributed by atoms with E-state index in [-0.39, 0.29) is 35.4 Å². The number of hydrogen-bond donors (Lipinski definition) is 3. The second-order valence-corrected chi connectivity index (χ2v) is 7.90. The van der Waals surface area contributed by atoms with Crippen LogP contribution in [0.4, 0.5) is 20.5 Å². The number of aromatic nitrogens is 4. The number of nitrogens with zero attached hydrogens (tertiary/aromatic N) is 5. The van der Waals surface area contributed by atoms with Gasteiger partial charge in [-0.1, -0.05) is 13.8 Å². The van der Waals surface area contributed by atoms with Crippen LogP contribution < -0.4 is 15.4 Å². The predicted octanol–water partition coefficient (Wildman–Crippen LogP) is 2.36. The number of aliphatic hydroxyl groups is 1. The van der Waals surface area contributed by atoms with Crippen LogP contribution in [0.3, 0.4) is 0 Å². The highest BCUT2D eigenvalue weighted by atomic mass is 19.3. The summed E-state index contributed by atoms with van der Waals surface area (Å²) in [5, 5.41) is 25.4. The van der Waals surface area contributed by atoms with Crippen molar-refractivity contribution in [1.29, 1.82) is 5.26 Å². The van der Waals surface area contributed by atoms with E-state index < -0.39 is 18.6 Å². The van der Waals surface area contributed by atoms with Gasteiger partial charge in [-0.05, 0) is 6.42 Å². The first-order chi connectivity index (χ1) is 14.1. The van der Waals surface area contributed by atoms with Crippen molar-refractivity contribution in [3.05, 3.63) is 29.8 Å². The highest BCUT2D eigenvalue weighted by Gasteiger charge is 2.47. The van der Waals surface area contributed by atoms with Crippen LogP contribution in [0.15, 0.2) is 18.7 Å². The summed E-state index contributed by atoms with van der Waals surface area (Å²) in [7, 11) is 0. The van der Waals surface area contributed by atoms with E-state index in [1.165, 1.54) is 18.7 Å². The number of nitriles is 1. The lowest BCUT2D eigenvalue weighted by molar-refractivity contribution is -0.0511. The molecule has 11 heteroatoms. The zero-order chi connectivity index (χ0) is 21.9. The van der Waals surface area contributed by atoms with Crippen molar-refractivity contribution in [3.63, 3.8) is 0 Å². The van der Waals surface area contributed by atoms with Crippen LogP contribution in [-0.4, -0.2) is 49.7 Å². The van der Waals surface area contributed by atoms with Gasteiger partial charge in [-0.15, -0.1) is 0 Å². The van der Waals surface area contributed by atoms with Gasteiger partial charge in [0.05, 0.1) is 17.9 Å². The van der Waals surface area contributed by atoms with Crippen LogP contribution in [-0.2, 0) is 6.54 Å². The van der Waals surface area contributed by atoms with E-state index >= 15 is 0 Å². The van der Waals surface area contributed by atoms with Gasteiger partial charge in [0.1, 0.15) is 23.8 Å². The van der Waals surface area contributed by atoms with Crippen LogP contribution in [0.25, 0.3) is 0 Å². The van der Waals surface area contributed by atoms with Gasteiger partial charge < -0.3 is 20.5 Å². The van der Waals surface area contributed by atoms with Crippen molar-refractivity contribution >= 4 is 11.8 Å². The summed E-state index contributed by atoms with van der Waals surface area (Å²) < 4.78 is 31.2. The first-order valence-electron chi connectivity index (χ1n) is 9.35. The van der Waals surface area contributed by atoms with E-state index in [0.29, 0.717) is 17.8 Å². The Labute approximate surface area is 172 Å². The maximum atomic E-state index is 13.1. The molecule has 0 amide bonds. The minimum Gasteiger partial charge on any atom is -0.471 e. The zero-order valence-corrected chi connectivity index (χ0v) is 16.9. The molecule has 1 fully saturated rings. The molecule has 0 aliphatic heterocycles. The quantitative estimate of drug-likeness (QED) is 0.590. The fourth-order valence-electron chi connectivity index (χ4n) is 2.94. The summed E-state index contributed by atoms with van der Waals surface area (Å²) >= 11 is 0. The van der Waals surface area contributed by atoms with Gasteiger partial charge in [-0.2, -0.15) is 10.2 Å². The lowest BCUT2D eigenvalue weighted by Crippen LogP contribution is -2.57. The molecule has 2 aromatic rings. The summed E-state index contributed by atoms with van der Waals surface area (Å²) in [4.78, 5) is 16.2. The third-order valence-corrected chi connectivity index (χ3v) is 5.08. The molecule has 2 heterocycles. The Kier molecular flexibility index (Phi) is 5.98.